The maximum absolute atomic E-state index is 5.77. The SMILES string of the molecule is CC(C)COc1cccc([C@@H]2C[C@@H](C)CN2)c1. The first-order valence-electron chi connectivity index (χ1n) is 6.61. The molecule has 0 saturated carbocycles. The fourth-order valence-electron chi connectivity index (χ4n) is 2.25. The minimum atomic E-state index is 0.507. The summed E-state index contributed by atoms with van der Waals surface area (Å²) in [6.45, 7) is 8.56. The third-order valence-electron chi connectivity index (χ3n) is 3.19. The van der Waals surface area contributed by atoms with Crippen molar-refractivity contribution in [2.45, 2.75) is 33.2 Å². The summed E-state index contributed by atoms with van der Waals surface area (Å²) in [5.41, 5.74) is 1.36. The van der Waals surface area contributed by atoms with Crippen LogP contribution in [-0.4, -0.2) is 13.2 Å². The first kappa shape index (κ1) is 12.4. The highest BCUT2D eigenvalue weighted by Crippen LogP contribution is 2.28. The van der Waals surface area contributed by atoms with Crippen molar-refractivity contribution in [2.24, 2.45) is 11.8 Å². The number of hydrogen-bond donors (Lipinski definition) is 1. The molecule has 1 aromatic carbocycles. The normalized spacial score (nSPS) is 24.2. The highest BCUT2D eigenvalue weighted by molar-refractivity contribution is 5.31. The summed E-state index contributed by atoms with van der Waals surface area (Å²) in [6, 6.07) is 9.02. The highest BCUT2D eigenvalue weighted by atomic mass is 16.5. The van der Waals surface area contributed by atoms with Crippen LogP contribution in [0.25, 0.3) is 0 Å². The van der Waals surface area contributed by atoms with Crippen molar-refractivity contribution < 1.29 is 4.74 Å². The Bertz CT molecular complexity index is 362. The number of benzene rings is 1. The van der Waals surface area contributed by atoms with Crippen molar-refractivity contribution in [3.05, 3.63) is 29.8 Å². The molecule has 2 atom stereocenters. The Morgan fingerprint density at radius 2 is 2.24 bits per heavy atom. The number of rotatable bonds is 4. The van der Waals surface area contributed by atoms with Gasteiger partial charge in [-0.05, 0) is 42.5 Å². The third-order valence-corrected chi connectivity index (χ3v) is 3.19. The molecule has 17 heavy (non-hydrogen) atoms. The lowest BCUT2D eigenvalue weighted by molar-refractivity contribution is 0.270. The second-order valence-corrected chi connectivity index (χ2v) is 5.58. The molecule has 2 nitrogen and oxygen atoms in total. The molecule has 94 valence electrons. The molecule has 1 aliphatic rings. The van der Waals surface area contributed by atoms with Gasteiger partial charge in [0.1, 0.15) is 5.75 Å². The summed E-state index contributed by atoms with van der Waals surface area (Å²) < 4.78 is 5.77. The van der Waals surface area contributed by atoms with Crippen molar-refractivity contribution in [2.75, 3.05) is 13.2 Å². The predicted molar refractivity (Wildman–Crippen MR) is 71.3 cm³/mol. The summed E-state index contributed by atoms with van der Waals surface area (Å²) >= 11 is 0. The van der Waals surface area contributed by atoms with Crippen LogP contribution in [0.3, 0.4) is 0 Å². The molecule has 0 radical (unpaired) electrons. The van der Waals surface area contributed by atoms with Gasteiger partial charge in [-0.15, -0.1) is 0 Å². The minimum absolute atomic E-state index is 0.507. The van der Waals surface area contributed by atoms with E-state index in [1.165, 1.54) is 12.0 Å². The zero-order valence-electron chi connectivity index (χ0n) is 11.1. The van der Waals surface area contributed by atoms with Crippen LogP contribution in [0.15, 0.2) is 24.3 Å². The second kappa shape index (κ2) is 5.54. The number of ether oxygens (including phenoxy) is 1. The Kier molecular flexibility index (Phi) is 4.06. The molecule has 1 aromatic rings. The molecule has 1 aliphatic heterocycles. The Morgan fingerprint density at radius 3 is 2.88 bits per heavy atom. The molecule has 0 spiro atoms. The average Bonchev–Trinajstić information content (AvgIpc) is 2.74. The van der Waals surface area contributed by atoms with E-state index in [4.69, 9.17) is 4.74 Å². The van der Waals surface area contributed by atoms with Crippen molar-refractivity contribution in [1.29, 1.82) is 0 Å². The van der Waals surface area contributed by atoms with Crippen molar-refractivity contribution >= 4 is 0 Å². The van der Waals surface area contributed by atoms with Gasteiger partial charge < -0.3 is 10.1 Å². The van der Waals surface area contributed by atoms with E-state index in [0.717, 1.165) is 24.8 Å². The van der Waals surface area contributed by atoms with Crippen LogP contribution in [0.5, 0.6) is 5.75 Å². The Morgan fingerprint density at radius 1 is 1.41 bits per heavy atom. The maximum Gasteiger partial charge on any atom is 0.119 e. The smallest absolute Gasteiger partial charge is 0.119 e. The molecule has 1 N–H and O–H groups in total. The molecule has 2 rings (SSSR count). The zero-order chi connectivity index (χ0) is 12.3. The van der Waals surface area contributed by atoms with Gasteiger partial charge in [0, 0.05) is 6.04 Å². The lowest BCUT2D eigenvalue weighted by atomic mass is 10.0. The molecule has 1 saturated heterocycles. The average molecular weight is 233 g/mol. The zero-order valence-corrected chi connectivity index (χ0v) is 11.1. The molecule has 0 aliphatic carbocycles. The first-order valence-corrected chi connectivity index (χ1v) is 6.61. The molecule has 1 heterocycles. The van der Waals surface area contributed by atoms with E-state index >= 15 is 0 Å². The van der Waals surface area contributed by atoms with Crippen LogP contribution in [0.1, 0.15) is 38.8 Å². The van der Waals surface area contributed by atoms with Gasteiger partial charge in [-0.3, -0.25) is 0 Å². The van der Waals surface area contributed by atoms with Gasteiger partial charge >= 0.3 is 0 Å². The molecular weight excluding hydrogens is 210 g/mol. The standard InChI is InChI=1S/C15H23NO/c1-11(2)10-17-14-6-4-5-13(8-14)15-7-12(3)9-16-15/h4-6,8,11-12,15-16H,7,9-10H2,1-3H3/t12-,15+/m1/s1. The van der Waals surface area contributed by atoms with Gasteiger partial charge in [0.15, 0.2) is 0 Å². The third kappa shape index (κ3) is 3.47. The van der Waals surface area contributed by atoms with Crippen molar-refractivity contribution in [3.63, 3.8) is 0 Å². The van der Waals surface area contributed by atoms with Gasteiger partial charge in [0.25, 0.3) is 0 Å². The van der Waals surface area contributed by atoms with E-state index in [1.807, 2.05) is 6.07 Å². The molecule has 1 fully saturated rings. The van der Waals surface area contributed by atoms with Crippen LogP contribution >= 0.6 is 0 Å². The van der Waals surface area contributed by atoms with Gasteiger partial charge in [0.05, 0.1) is 6.61 Å². The Hall–Kier alpha value is -1.02. The van der Waals surface area contributed by atoms with Gasteiger partial charge in [-0.25, -0.2) is 0 Å². The Labute approximate surface area is 104 Å². The summed E-state index contributed by atoms with van der Waals surface area (Å²) in [5, 5.41) is 3.56. The van der Waals surface area contributed by atoms with Gasteiger partial charge in [-0.1, -0.05) is 32.9 Å². The number of nitrogens with one attached hydrogen (secondary N) is 1. The summed E-state index contributed by atoms with van der Waals surface area (Å²) in [6.07, 6.45) is 1.23. The molecule has 0 amide bonds. The fourth-order valence-corrected chi connectivity index (χ4v) is 2.25. The monoisotopic (exact) mass is 233 g/mol. The molecular formula is C15H23NO. The quantitative estimate of drug-likeness (QED) is 0.860. The van der Waals surface area contributed by atoms with Gasteiger partial charge in [-0.2, -0.15) is 0 Å². The van der Waals surface area contributed by atoms with Crippen LogP contribution in [-0.2, 0) is 0 Å². The lowest BCUT2D eigenvalue weighted by Crippen LogP contribution is -2.13. The highest BCUT2D eigenvalue weighted by Gasteiger charge is 2.21. The summed E-state index contributed by atoms with van der Waals surface area (Å²) in [4.78, 5) is 0. The van der Waals surface area contributed by atoms with E-state index < -0.39 is 0 Å². The van der Waals surface area contributed by atoms with E-state index in [1.54, 1.807) is 0 Å². The first-order chi connectivity index (χ1) is 8.15. The van der Waals surface area contributed by atoms with E-state index in [-0.39, 0.29) is 0 Å². The predicted octanol–water partition coefficient (Wildman–Crippen LogP) is 3.39. The molecule has 0 bridgehead atoms. The van der Waals surface area contributed by atoms with E-state index in [0.29, 0.717) is 12.0 Å². The second-order valence-electron chi connectivity index (χ2n) is 5.58. The van der Waals surface area contributed by atoms with Crippen LogP contribution in [0.4, 0.5) is 0 Å². The van der Waals surface area contributed by atoms with Crippen molar-refractivity contribution in [1.82, 2.24) is 5.32 Å². The summed E-state index contributed by atoms with van der Waals surface area (Å²) in [5.74, 6) is 2.35. The maximum atomic E-state index is 5.77. The van der Waals surface area contributed by atoms with Crippen LogP contribution in [0.2, 0.25) is 0 Å². The largest absolute Gasteiger partial charge is 0.493 e. The van der Waals surface area contributed by atoms with E-state index in [2.05, 4.69) is 44.3 Å². The summed E-state index contributed by atoms with van der Waals surface area (Å²) in [7, 11) is 0. The fraction of sp³-hybridized carbons (Fsp3) is 0.600. The van der Waals surface area contributed by atoms with Crippen molar-refractivity contribution in [3.8, 4) is 5.75 Å². The minimum Gasteiger partial charge on any atom is -0.493 e. The number of hydrogen-bond acceptors (Lipinski definition) is 2. The molecule has 0 unspecified atom stereocenters. The van der Waals surface area contributed by atoms with Crippen LogP contribution in [0, 0.1) is 11.8 Å². The van der Waals surface area contributed by atoms with Crippen LogP contribution < -0.4 is 10.1 Å². The van der Waals surface area contributed by atoms with E-state index in [9.17, 15) is 0 Å². The Balaban J connectivity index is 2.01. The topological polar surface area (TPSA) is 21.3 Å². The molecule has 2 heteroatoms. The lowest BCUT2D eigenvalue weighted by Gasteiger charge is -2.14. The molecule has 0 aromatic heterocycles. The van der Waals surface area contributed by atoms with Gasteiger partial charge in [0.2, 0.25) is 0 Å².